The first kappa shape index (κ1) is 66.1. The van der Waals surface area contributed by atoms with E-state index in [1.807, 2.05) is 0 Å². The second-order valence-electron chi connectivity index (χ2n) is 26.7. The van der Waals surface area contributed by atoms with Crippen LogP contribution in [0, 0.1) is 0 Å². The van der Waals surface area contributed by atoms with Crippen LogP contribution in [0.2, 0.25) is 0 Å². The summed E-state index contributed by atoms with van der Waals surface area (Å²) in [5.74, 6) is 0. The minimum Gasteiger partial charge on any atom is -0.0622 e. The molecule has 0 saturated heterocycles. The topological polar surface area (TPSA) is 0 Å². The molecule has 0 radical (unpaired) electrons. The Morgan fingerprint density at radius 3 is 0.390 bits per heavy atom. The molecule has 0 aromatic heterocycles. The van der Waals surface area contributed by atoms with Crippen molar-refractivity contribution in [2.45, 2.75) is 5.41 Å². The van der Waals surface area contributed by atoms with Crippen LogP contribution >= 0.6 is 0 Å². The van der Waals surface area contributed by atoms with E-state index in [1.165, 1.54) is 66.8 Å². The van der Waals surface area contributed by atoms with Crippen molar-refractivity contribution in [3.8, 4) is 44.5 Å². The molecule has 0 unspecified atom stereocenters. The molecular weight excluding hydrogens is 1260 g/mol. The van der Waals surface area contributed by atoms with Crippen LogP contribution in [0.5, 0.6) is 0 Å². The van der Waals surface area contributed by atoms with Gasteiger partial charge in [-0.25, -0.2) is 0 Å². The average Bonchev–Trinajstić information content (AvgIpc) is 0.728. The van der Waals surface area contributed by atoms with Gasteiger partial charge in [-0.2, -0.15) is 0 Å². The predicted molar refractivity (Wildman–Crippen MR) is 446 cm³/mol. The Morgan fingerprint density at radius 1 is 0.133 bits per heavy atom. The first-order valence-electron chi connectivity index (χ1n) is 36.2. The van der Waals surface area contributed by atoms with Crippen molar-refractivity contribution in [3.05, 3.63) is 526 Å². The van der Waals surface area contributed by atoms with Gasteiger partial charge >= 0.3 is 0 Å². The second kappa shape index (κ2) is 31.2. The van der Waals surface area contributed by atoms with E-state index in [2.05, 4.69) is 461 Å². The highest BCUT2D eigenvalue weighted by atomic mass is 14.4. The van der Waals surface area contributed by atoms with Gasteiger partial charge < -0.3 is 0 Å². The van der Waals surface area contributed by atoms with Crippen LogP contribution in [0.4, 0.5) is 0 Å². The molecule has 0 aliphatic heterocycles. The van der Waals surface area contributed by atoms with E-state index in [0.29, 0.717) is 0 Å². The van der Waals surface area contributed by atoms with E-state index in [9.17, 15) is 0 Å². The summed E-state index contributed by atoms with van der Waals surface area (Å²) in [7, 11) is 0. The monoisotopic (exact) mass is 1340 g/mol. The highest BCUT2D eigenvalue weighted by Crippen LogP contribution is 2.48. The van der Waals surface area contributed by atoms with Gasteiger partial charge in [-0.3, -0.25) is 0 Å². The normalized spacial score (nSPS) is 11.0. The van der Waals surface area contributed by atoms with Gasteiger partial charge in [0.2, 0.25) is 0 Å². The van der Waals surface area contributed by atoms with Crippen LogP contribution in [-0.2, 0) is 5.41 Å². The van der Waals surface area contributed by atoms with Gasteiger partial charge in [-0.05, 0) is 180 Å². The molecule has 0 heterocycles. The maximum atomic E-state index is 2.37. The molecule has 0 spiro atoms. The molecule has 0 fully saturated rings. The van der Waals surface area contributed by atoms with E-state index in [1.54, 1.807) is 0 Å². The van der Waals surface area contributed by atoms with Crippen LogP contribution in [0.1, 0.15) is 89.0 Å². The Balaban J connectivity index is 0.802. The molecule has 16 rings (SSSR count). The minimum absolute atomic E-state index is 0.784. The molecule has 0 amide bonds. The predicted octanol–water partition coefficient (Wildman–Crippen LogP) is 27.1. The Labute approximate surface area is 618 Å². The van der Waals surface area contributed by atoms with Gasteiger partial charge in [0.1, 0.15) is 0 Å². The molecule has 0 aliphatic rings. The molecule has 0 nitrogen and oxygen atoms in total. The molecule has 16 aromatic carbocycles. The highest BCUT2D eigenvalue weighted by Gasteiger charge is 2.39. The fourth-order valence-corrected chi connectivity index (χ4v) is 14.7. The van der Waals surface area contributed by atoms with Gasteiger partial charge in [-0.1, -0.05) is 437 Å². The molecule has 0 heteroatoms. The molecule has 0 N–H and O–H groups in total. The van der Waals surface area contributed by atoms with E-state index >= 15 is 0 Å². The molecule has 0 aliphatic carbocycles. The van der Waals surface area contributed by atoms with Crippen LogP contribution in [0.15, 0.2) is 437 Å². The van der Waals surface area contributed by atoms with Crippen molar-refractivity contribution in [1.29, 1.82) is 0 Å². The van der Waals surface area contributed by atoms with Crippen molar-refractivity contribution >= 4 is 46.6 Å². The highest BCUT2D eigenvalue weighted by molar-refractivity contribution is 5.95. The summed E-state index contributed by atoms with van der Waals surface area (Å²) in [6.07, 6.45) is 9.21. The number of benzene rings is 16. The number of rotatable bonds is 20. The van der Waals surface area contributed by atoms with Gasteiger partial charge in [0.25, 0.3) is 0 Å². The first-order valence-corrected chi connectivity index (χ1v) is 36.2. The third-order valence-electron chi connectivity index (χ3n) is 20.2. The zero-order valence-electron chi connectivity index (χ0n) is 58.4. The summed E-state index contributed by atoms with van der Waals surface area (Å²) >= 11 is 0. The van der Waals surface area contributed by atoms with Crippen LogP contribution in [0.3, 0.4) is 0 Å². The van der Waals surface area contributed by atoms with Gasteiger partial charge in [0, 0.05) is 0 Å². The zero-order chi connectivity index (χ0) is 70.4. The smallest absolute Gasteiger partial charge is 0.0622 e. The Bertz CT molecular complexity index is 4740. The molecule has 0 saturated carbocycles. The summed E-state index contributed by atoms with van der Waals surface area (Å²) in [5.41, 5.74) is 31.8. The van der Waals surface area contributed by atoms with Crippen molar-refractivity contribution in [1.82, 2.24) is 0 Å². The third-order valence-corrected chi connectivity index (χ3v) is 20.2. The summed E-state index contributed by atoms with van der Waals surface area (Å²) < 4.78 is 0. The van der Waals surface area contributed by atoms with E-state index in [0.717, 1.165) is 89.0 Å². The third kappa shape index (κ3) is 14.8. The quantitative estimate of drug-likeness (QED) is 0.0527. The Kier molecular flexibility index (Phi) is 19.6. The van der Waals surface area contributed by atoms with Crippen LogP contribution in [-0.4, -0.2) is 0 Å². The van der Waals surface area contributed by atoms with E-state index < -0.39 is 5.41 Å². The van der Waals surface area contributed by atoms with E-state index in [4.69, 9.17) is 0 Å². The van der Waals surface area contributed by atoms with Crippen LogP contribution < -0.4 is 0 Å². The molecule has 16 aromatic rings. The first-order chi connectivity index (χ1) is 52.0. The summed E-state index contributed by atoms with van der Waals surface area (Å²) in [6, 6.07) is 159. The molecule has 105 heavy (non-hydrogen) atoms. The van der Waals surface area contributed by atoms with Crippen molar-refractivity contribution in [3.63, 3.8) is 0 Å². The second-order valence-corrected chi connectivity index (χ2v) is 26.7. The SMILES string of the molecule is C(=C(c1ccccc1)c1ccccc1)c1ccc(-c2ccc(C(c3ccc(-c4ccc(C=C(c5ccccc5)c5ccccc5)cc4)cc3)(c3ccc(-c4ccc(C=C(c5ccccc5)c5ccccc5)cc4)cc3)c3ccc(-c4ccc(C=C(c5ccccc5)c5ccccc5)cc4)cc3)cc2)cc1. The number of hydrogen-bond donors (Lipinski definition) is 0. The Morgan fingerprint density at radius 2 is 0.257 bits per heavy atom. The van der Waals surface area contributed by atoms with E-state index in [-0.39, 0.29) is 0 Å². The summed E-state index contributed by atoms with van der Waals surface area (Å²) in [5, 5.41) is 0. The summed E-state index contributed by atoms with van der Waals surface area (Å²) in [6.45, 7) is 0. The molecule has 496 valence electrons. The average molecular weight is 1340 g/mol. The lowest BCUT2D eigenvalue weighted by atomic mass is 9.64. The molecule has 0 bridgehead atoms. The zero-order valence-corrected chi connectivity index (χ0v) is 58.4. The lowest BCUT2D eigenvalue weighted by Crippen LogP contribution is -2.31. The van der Waals surface area contributed by atoms with Gasteiger partial charge in [-0.15, -0.1) is 0 Å². The summed E-state index contributed by atoms with van der Waals surface area (Å²) in [4.78, 5) is 0. The fourth-order valence-electron chi connectivity index (χ4n) is 14.7. The van der Waals surface area contributed by atoms with Crippen molar-refractivity contribution < 1.29 is 0 Å². The van der Waals surface area contributed by atoms with Crippen molar-refractivity contribution in [2.24, 2.45) is 0 Å². The lowest BCUT2D eigenvalue weighted by Gasteiger charge is -2.37. The fraction of sp³-hybridized carbons (Fsp3) is 0.00952. The lowest BCUT2D eigenvalue weighted by molar-refractivity contribution is 0.745. The van der Waals surface area contributed by atoms with Gasteiger partial charge in [0.05, 0.1) is 5.41 Å². The molecule has 0 atom stereocenters. The standard InChI is InChI=1S/C105H76/c1-9-25-89(26-10-1)101(90-27-11-2-12-28-90)73-77-41-49-81(50-42-77)85-57-65-97(66-58-85)105(98-67-59-86(60-68-98)82-51-43-78(44-52-82)74-102(91-29-13-3-14-30-91)92-31-15-4-16-32-92,99-69-61-87(62-70-99)83-53-45-79(46-54-83)75-103(93-33-17-5-18-34-93)94-35-19-6-20-36-94)100-71-63-88(64-72-100)84-55-47-80(48-56-84)76-104(95-37-21-7-22-38-95)96-39-23-8-24-40-96/h1-76H. The maximum absolute atomic E-state index is 2.37. The number of hydrogen-bond acceptors (Lipinski definition) is 0. The Hall–Kier alpha value is -13.5. The van der Waals surface area contributed by atoms with Crippen molar-refractivity contribution in [2.75, 3.05) is 0 Å². The minimum atomic E-state index is -0.784. The maximum Gasteiger partial charge on any atom is 0.0701 e. The van der Waals surface area contributed by atoms with Crippen LogP contribution in [0.25, 0.3) is 91.1 Å². The molecular formula is C105H76. The van der Waals surface area contributed by atoms with Gasteiger partial charge in [0.15, 0.2) is 0 Å². The largest absolute Gasteiger partial charge is 0.0701 e.